The number of halogens is 1. The number of nitriles is 1. The summed E-state index contributed by atoms with van der Waals surface area (Å²) in [6.07, 6.45) is -0.390. The average Bonchev–Trinajstić information content (AvgIpc) is 3.17. The van der Waals surface area contributed by atoms with Crippen LogP contribution in [-0.2, 0) is 23.8 Å². The van der Waals surface area contributed by atoms with Crippen molar-refractivity contribution in [2.75, 3.05) is 21.0 Å². The normalized spacial score (nSPS) is 17.7. The first-order valence-electron chi connectivity index (χ1n) is 7.96. The Balaban J connectivity index is 2.23. The minimum atomic E-state index is -1.03. The number of hydrogen-bond acceptors (Lipinski definition) is 9. The Bertz CT molecular complexity index is 961. The number of esters is 2. The fourth-order valence-corrected chi connectivity index (χ4v) is 3.29. The van der Waals surface area contributed by atoms with Gasteiger partial charge in [-0.15, -0.1) is 0 Å². The number of fused-ring (bicyclic) bond motifs is 1. The first-order chi connectivity index (χ1) is 13.4. The highest BCUT2D eigenvalue weighted by atomic mass is 35.5. The van der Waals surface area contributed by atoms with Gasteiger partial charge in [0, 0.05) is 0 Å². The maximum atomic E-state index is 12.6. The molecule has 146 valence electrons. The van der Waals surface area contributed by atoms with Crippen LogP contribution in [0.3, 0.4) is 0 Å². The maximum absolute atomic E-state index is 12.6. The molecule has 1 aromatic carbocycles. The summed E-state index contributed by atoms with van der Waals surface area (Å²) >= 11 is 6.47. The molecule has 0 aromatic heterocycles. The summed E-state index contributed by atoms with van der Waals surface area (Å²) in [6.45, 7) is -0.0113. The zero-order chi connectivity index (χ0) is 20.4. The summed E-state index contributed by atoms with van der Waals surface area (Å²) in [7, 11) is 2.35. The van der Waals surface area contributed by atoms with E-state index in [4.69, 9.17) is 36.3 Å². The minimum absolute atomic E-state index is 0.0113. The number of carbonyl (C=O) groups is 2. The second-order valence-electron chi connectivity index (χ2n) is 5.71. The molecule has 2 aliphatic rings. The summed E-state index contributed by atoms with van der Waals surface area (Å²) < 4.78 is 25.5. The third kappa shape index (κ3) is 3.18. The van der Waals surface area contributed by atoms with Crippen LogP contribution in [0, 0.1) is 11.3 Å². The van der Waals surface area contributed by atoms with Gasteiger partial charge in [-0.25, -0.2) is 4.79 Å². The molecule has 1 atom stereocenters. The molecule has 0 amide bonds. The van der Waals surface area contributed by atoms with E-state index in [1.807, 2.05) is 6.07 Å². The monoisotopic (exact) mass is 406 g/mol. The molecule has 1 aromatic rings. The molecule has 9 nitrogen and oxygen atoms in total. The molecule has 2 heterocycles. The predicted molar refractivity (Wildman–Crippen MR) is 93.9 cm³/mol. The van der Waals surface area contributed by atoms with Crippen molar-refractivity contribution in [1.29, 1.82) is 5.26 Å². The SMILES string of the molecule is COC(=O)CC1=C(C(=O)OC)C(c2ccc3c(c2Cl)OCO3)C(C#N)=C(N)O1. The number of nitrogens with two attached hydrogens (primary N) is 1. The van der Waals surface area contributed by atoms with Gasteiger partial charge in [-0.05, 0) is 11.6 Å². The summed E-state index contributed by atoms with van der Waals surface area (Å²) in [5.74, 6) is -2.15. The van der Waals surface area contributed by atoms with Crippen molar-refractivity contribution in [3.05, 3.63) is 45.5 Å². The Morgan fingerprint density at radius 3 is 2.71 bits per heavy atom. The van der Waals surface area contributed by atoms with Crippen LogP contribution in [0.15, 0.2) is 34.9 Å². The number of rotatable bonds is 4. The number of carbonyl (C=O) groups excluding carboxylic acids is 2. The molecule has 2 N–H and O–H groups in total. The van der Waals surface area contributed by atoms with Gasteiger partial charge in [-0.2, -0.15) is 5.26 Å². The van der Waals surface area contributed by atoms with E-state index < -0.39 is 17.9 Å². The number of hydrogen-bond donors (Lipinski definition) is 1. The van der Waals surface area contributed by atoms with Crippen LogP contribution in [0.2, 0.25) is 5.02 Å². The lowest BCUT2D eigenvalue weighted by Gasteiger charge is -2.28. The van der Waals surface area contributed by atoms with Crippen LogP contribution < -0.4 is 15.2 Å². The maximum Gasteiger partial charge on any atom is 0.338 e. The highest BCUT2D eigenvalue weighted by Gasteiger charge is 2.40. The zero-order valence-electron chi connectivity index (χ0n) is 14.9. The van der Waals surface area contributed by atoms with E-state index in [9.17, 15) is 14.9 Å². The summed E-state index contributed by atoms with van der Waals surface area (Å²) in [5.41, 5.74) is 6.09. The van der Waals surface area contributed by atoms with Gasteiger partial charge >= 0.3 is 11.9 Å². The average molecular weight is 407 g/mol. The van der Waals surface area contributed by atoms with Gasteiger partial charge in [0.1, 0.15) is 23.8 Å². The number of ether oxygens (including phenoxy) is 5. The smallest absolute Gasteiger partial charge is 0.338 e. The Morgan fingerprint density at radius 1 is 1.32 bits per heavy atom. The quantitative estimate of drug-likeness (QED) is 0.744. The van der Waals surface area contributed by atoms with Crippen LogP contribution in [0.1, 0.15) is 17.9 Å². The third-order valence-corrected chi connectivity index (χ3v) is 4.64. The first kappa shape index (κ1) is 19.4. The molecule has 10 heteroatoms. The van der Waals surface area contributed by atoms with Crippen LogP contribution in [0.25, 0.3) is 0 Å². The number of allylic oxidation sites excluding steroid dienone is 1. The standard InChI is InChI=1S/C18H15ClN2O7/c1-24-12(22)5-11-14(18(23)25-2)13(9(6-20)17(21)28-11)8-3-4-10-16(15(8)19)27-7-26-10/h3-4,13H,5,7,21H2,1-2H3. The molecule has 28 heavy (non-hydrogen) atoms. The van der Waals surface area contributed by atoms with Crippen molar-refractivity contribution < 1.29 is 33.3 Å². The molecule has 2 aliphatic heterocycles. The molecular weight excluding hydrogens is 392 g/mol. The topological polar surface area (TPSA) is 130 Å². The molecule has 0 bridgehead atoms. The summed E-state index contributed by atoms with van der Waals surface area (Å²) in [4.78, 5) is 24.3. The van der Waals surface area contributed by atoms with Crippen molar-refractivity contribution in [3.63, 3.8) is 0 Å². The zero-order valence-corrected chi connectivity index (χ0v) is 15.7. The van der Waals surface area contributed by atoms with Gasteiger partial charge < -0.3 is 29.4 Å². The van der Waals surface area contributed by atoms with E-state index >= 15 is 0 Å². The van der Waals surface area contributed by atoms with E-state index in [0.717, 1.165) is 7.11 Å². The number of methoxy groups -OCH3 is 2. The van der Waals surface area contributed by atoms with Gasteiger partial charge in [-0.3, -0.25) is 4.79 Å². The van der Waals surface area contributed by atoms with Crippen LogP contribution >= 0.6 is 11.6 Å². The minimum Gasteiger partial charge on any atom is -0.469 e. The van der Waals surface area contributed by atoms with Crippen molar-refractivity contribution in [2.24, 2.45) is 5.73 Å². The van der Waals surface area contributed by atoms with E-state index in [1.54, 1.807) is 12.1 Å². The molecule has 0 spiro atoms. The molecule has 0 radical (unpaired) electrons. The van der Waals surface area contributed by atoms with Crippen molar-refractivity contribution in [2.45, 2.75) is 12.3 Å². The van der Waals surface area contributed by atoms with Gasteiger partial charge in [0.2, 0.25) is 12.7 Å². The van der Waals surface area contributed by atoms with Gasteiger partial charge in [0.05, 0.1) is 30.7 Å². The molecule has 0 fully saturated rings. The largest absolute Gasteiger partial charge is 0.469 e. The summed E-state index contributed by atoms with van der Waals surface area (Å²) in [6, 6.07) is 5.11. The lowest BCUT2D eigenvalue weighted by atomic mass is 9.82. The van der Waals surface area contributed by atoms with E-state index in [-0.39, 0.29) is 46.8 Å². The molecular formula is C18H15ClN2O7. The number of nitrogens with zero attached hydrogens (tertiary/aromatic N) is 1. The van der Waals surface area contributed by atoms with Crippen molar-refractivity contribution in [1.82, 2.24) is 0 Å². The lowest BCUT2D eigenvalue weighted by Crippen LogP contribution is -2.27. The third-order valence-electron chi connectivity index (χ3n) is 4.25. The predicted octanol–water partition coefficient (Wildman–Crippen LogP) is 1.87. The highest BCUT2D eigenvalue weighted by Crippen LogP contribution is 2.48. The Hall–Kier alpha value is -3.38. The van der Waals surface area contributed by atoms with Crippen molar-refractivity contribution >= 4 is 23.5 Å². The second kappa shape index (κ2) is 7.70. The Morgan fingerprint density at radius 2 is 2.07 bits per heavy atom. The fraction of sp³-hybridized carbons (Fsp3) is 0.278. The van der Waals surface area contributed by atoms with E-state index in [0.29, 0.717) is 11.3 Å². The molecule has 0 aliphatic carbocycles. The molecule has 0 saturated heterocycles. The Kier molecular flexibility index (Phi) is 5.33. The fourth-order valence-electron chi connectivity index (χ4n) is 2.97. The Labute approximate surface area is 164 Å². The summed E-state index contributed by atoms with van der Waals surface area (Å²) in [5, 5.41) is 9.77. The van der Waals surface area contributed by atoms with E-state index in [2.05, 4.69) is 4.74 Å². The molecule has 0 saturated carbocycles. The van der Waals surface area contributed by atoms with Crippen LogP contribution in [-0.4, -0.2) is 33.0 Å². The van der Waals surface area contributed by atoms with Gasteiger partial charge in [0.25, 0.3) is 0 Å². The molecule has 1 unspecified atom stereocenters. The first-order valence-corrected chi connectivity index (χ1v) is 8.34. The van der Waals surface area contributed by atoms with Gasteiger partial charge in [-0.1, -0.05) is 17.7 Å². The van der Waals surface area contributed by atoms with Crippen molar-refractivity contribution in [3.8, 4) is 17.6 Å². The highest BCUT2D eigenvalue weighted by molar-refractivity contribution is 6.33. The van der Waals surface area contributed by atoms with E-state index in [1.165, 1.54) is 7.11 Å². The lowest BCUT2D eigenvalue weighted by molar-refractivity contribution is -0.140. The van der Waals surface area contributed by atoms with Crippen LogP contribution in [0.4, 0.5) is 0 Å². The second-order valence-corrected chi connectivity index (χ2v) is 6.09. The van der Waals surface area contributed by atoms with Crippen LogP contribution in [0.5, 0.6) is 11.5 Å². The molecule has 3 rings (SSSR count). The van der Waals surface area contributed by atoms with Gasteiger partial charge in [0.15, 0.2) is 11.5 Å². The number of benzene rings is 1.